The lowest BCUT2D eigenvalue weighted by atomic mass is 10.0. The number of nitrogens with zero attached hydrogens (tertiary/aromatic N) is 3. The van der Waals surface area contributed by atoms with Gasteiger partial charge in [0.25, 0.3) is 0 Å². The predicted molar refractivity (Wildman–Crippen MR) is 118 cm³/mol. The molecule has 0 amide bonds. The Balaban J connectivity index is 1.38. The van der Waals surface area contributed by atoms with Crippen LogP contribution >= 0.6 is 0 Å². The summed E-state index contributed by atoms with van der Waals surface area (Å²) in [7, 11) is 3.30. The number of rotatable bonds is 6. The van der Waals surface area contributed by atoms with Crippen LogP contribution in [0, 0.1) is 0 Å². The van der Waals surface area contributed by atoms with E-state index in [2.05, 4.69) is 57.5 Å². The molecular formula is C24H27N3O2. The Morgan fingerprint density at radius 1 is 0.862 bits per heavy atom. The van der Waals surface area contributed by atoms with Crippen molar-refractivity contribution in [1.82, 2.24) is 9.91 Å². The molecule has 1 fully saturated rings. The zero-order valence-electron chi connectivity index (χ0n) is 17.0. The number of para-hydroxylation sites is 1. The summed E-state index contributed by atoms with van der Waals surface area (Å²) in [5.74, 6) is 1.43. The van der Waals surface area contributed by atoms with Gasteiger partial charge in [0.15, 0.2) is 11.5 Å². The molecule has 29 heavy (non-hydrogen) atoms. The summed E-state index contributed by atoms with van der Waals surface area (Å²) in [4.78, 5) is 2.50. The summed E-state index contributed by atoms with van der Waals surface area (Å²) >= 11 is 0. The van der Waals surface area contributed by atoms with Gasteiger partial charge in [-0.25, -0.2) is 0 Å². The minimum Gasteiger partial charge on any atom is -0.493 e. The van der Waals surface area contributed by atoms with E-state index in [0.29, 0.717) is 5.75 Å². The van der Waals surface area contributed by atoms with E-state index in [1.807, 2.05) is 24.4 Å². The molecule has 3 aromatic rings. The van der Waals surface area contributed by atoms with Crippen molar-refractivity contribution in [2.24, 2.45) is 5.10 Å². The molecule has 1 saturated heterocycles. The first-order chi connectivity index (χ1) is 14.3. The molecule has 3 aromatic carbocycles. The fraction of sp³-hybridized carbons (Fsp3) is 0.292. The van der Waals surface area contributed by atoms with Crippen LogP contribution in [0.4, 0.5) is 0 Å². The lowest BCUT2D eigenvalue weighted by molar-refractivity contribution is 0.131. The second-order valence-corrected chi connectivity index (χ2v) is 7.20. The molecule has 0 unspecified atom stereocenters. The summed E-state index contributed by atoms with van der Waals surface area (Å²) in [6, 6.07) is 21.0. The number of ether oxygens (including phenoxy) is 2. The predicted octanol–water partition coefficient (Wildman–Crippen LogP) is 4.01. The highest BCUT2D eigenvalue weighted by molar-refractivity contribution is 5.86. The van der Waals surface area contributed by atoms with Gasteiger partial charge in [0.1, 0.15) is 0 Å². The number of hydrazone groups is 1. The third-order valence-corrected chi connectivity index (χ3v) is 5.42. The van der Waals surface area contributed by atoms with E-state index in [1.54, 1.807) is 14.2 Å². The Morgan fingerprint density at radius 2 is 1.62 bits per heavy atom. The average Bonchev–Trinajstić information content (AvgIpc) is 2.78. The Labute approximate surface area is 172 Å². The molecular weight excluding hydrogens is 362 g/mol. The maximum atomic E-state index is 5.48. The summed E-state index contributed by atoms with van der Waals surface area (Å²) in [5.41, 5.74) is 2.31. The molecule has 0 radical (unpaired) electrons. The van der Waals surface area contributed by atoms with Crippen LogP contribution in [0.1, 0.15) is 11.1 Å². The number of fused-ring (bicyclic) bond motifs is 1. The monoisotopic (exact) mass is 389 g/mol. The van der Waals surface area contributed by atoms with Crippen molar-refractivity contribution in [3.8, 4) is 11.5 Å². The van der Waals surface area contributed by atoms with Gasteiger partial charge in [0.05, 0.1) is 20.4 Å². The first-order valence-corrected chi connectivity index (χ1v) is 9.97. The minimum absolute atomic E-state index is 0.716. The maximum absolute atomic E-state index is 5.48. The van der Waals surface area contributed by atoms with Crippen molar-refractivity contribution >= 4 is 17.0 Å². The first-order valence-electron chi connectivity index (χ1n) is 9.97. The smallest absolute Gasteiger partial charge is 0.169 e. The number of piperazine rings is 1. The fourth-order valence-corrected chi connectivity index (χ4v) is 3.84. The zero-order chi connectivity index (χ0) is 20.1. The number of methoxy groups -OCH3 is 2. The van der Waals surface area contributed by atoms with E-state index in [-0.39, 0.29) is 0 Å². The van der Waals surface area contributed by atoms with Crippen LogP contribution < -0.4 is 9.47 Å². The van der Waals surface area contributed by atoms with Crippen LogP contribution in [-0.4, -0.2) is 56.5 Å². The van der Waals surface area contributed by atoms with E-state index < -0.39 is 0 Å². The van der Waals surface area contributed by atoms with E-state index >= 15 is 0 Å². The van der Waals surface area contributed by atoms with Gasteiger partial charge in [-0.1, -0.05) is 48.5 Å². The third-order valence-electron chi connectivity index (χ3n) is 5.42. The normalized spacial score (nSPS) is 15.2. The molecule has 1 heterocycles. The van der Waals surface area contributed by atoms with Crippen LogP contribution in [-0.2, 0) is 6.54 Å². The molecule has 0 atom stereocenters. The van der Waals surface area contributed by atoms with E-state index in [4.69, 9.17) is 9.47 Å². The van der Waals surface area contributed by atoms with Gasteiger partial charge in [-0.05, 0) is 28.5 Å². The molecule has 1 aliphatic heterocycles. The van der Waals surface area contributed by atoms with Crippen LogP contribution in [0.5, 0.6) is 11.5 Å². The summed E-state index contributed by atoms with van der Waals surface area (Å²) in [6.45, 7) is 4.79. The standard InChI is InChI=1S/C24H27N3O2/c1-28-23-12-6-9-20(24(23)29-2)17-25-27-15-13-26(14-16-27)18-21-10-5-8-19-7-3-4-11-22(19)21/h3-12,17H,13-16,18H2,1-2H3/b25-17+. The van der Waals surface area contributed by atoms with Crippen molar-refractivity contribution in [2.75, 3.05) is 40.4 Å². The van der Waals surface area contributed by atoms with Crippen molar-refractivity contribution in [3.63, 3.8) is 0 Å². The van der Waals surface area contributed by atoms with Gasteiger partial charge >= 0.3 is 0 Å². The highest BCUT2D eigenvalue weighted by Crippen LogP contribution is 2.29. The Bertz CT molecular complexity index is 989. The van der Waals surface area contributed by atoms with Gasteiger partial charge < -0.3 is 9.47 Å². The fourth-order valence-electron chi connectivity index (χ4n) is 3.84. The molecule has 0 saturated carbocycles. The number of hydrogen-bond donors (Lipinski definition) is 0. The molecule has 5 nitrogen and oxygen atoms in total. The molecule has 5 heteroatoms. The molecule has 0 N–H and O–H groups in total. The van der Waals surface area contributed by atoms with Gasteiger partial charge in [-0.2, -0.15) is 5.10 Å². The zero-order valence-corrected chi connectivity index (χ0v) is 17.0. The second-order valence-electron chi connectivity index (χ2n) is 7.20. The molecule has 0 aliphatic carbocycles. The van der Waals surface area contributed by atoms with E-state index in [1.165, 1.54) is 16.3 Å². The lowest BCUT2D eigenvalue weighted by Gasteiger charge is -2.33. The van der Waals surface area contributed by atoms with Crippen LogP contribution in [0.3, 0.4) is 0 Å². The molecule has 0 bridgehead atoms. The molecule has 1 aliphatic rings. The van der Waals surface area contributed by atoms with Gasteiger partial charge in [-0.3, -0.25) is 9.91 Å². The van der Waals surface area contributed by atoms with Gasteiger partial charge in [0.2, 0.25) is 0 Å². The quantitative estimate of drug-likeness (QED) is 0.597. The van der Waals surface area contributed by atoms with Crippen molar-refractivity contribution in [3.05, 3.63) is 71.8 Å². The van der Waals surface area contributed by atoms with Gasteiger partial charge in [-0.15, -0.1) is 0 Å². The van der Waals surface area contributed by atoms with E-state index in [0.717, 1.165) is 44.0 Å². The third kappa shape index (κ3) is 4.35. The topological polar surface area (TPSA) is 37.3 Å². The molecule has 0 aromatic heterocycles. The number of hydrogen-bond acceptors (Lipinski definition) is 5. The summed E-state index contributed by atoms with van der Waals surface area (Å²) < 4.78 is 10.8. The molecule has 150 valence electrons. The number of benzene rings is 3. The highest BCUT2D eigenvalue weighted by atomic mass is 16.5. The second kappa shape index (κ2) is 8.97. The van der Waals surface area contributed by atoms with Crippen molar-refractivity contribution in [1.29, 1.82) is 0 Å². The Kier molecular flexibility index (Phi) is 5.96. The van der Waals surface area contributed by atoms with E-state index in [9.17, 15) is 0 Å². The van der Waals surface area contributed by atoms with Crippen LogP contribution in [0.25, 0.3) is 10.8 Å². The van der Waals surface area contributed by atoms with Crippen molar-refractivity contribution < 1.29 is 9.47 Å². The minimum atomic E-state index is 0.716. The SMILES string of the molecule is COc1cccc(/C=N/N2CCN(Cc3cccc4ccccc34)CC2)c1OC. The molecule has 4 rings (SSSR count). The lowest BCUT2D eigenvalue weighted by Crippen LogP contribution is -2.43. The highest BCUT2D eigenvalue weighted by Gasteiger charge is 2.16. The van der Waals surface area contributed by atoms with Gasteiger partial charge in [0, 0.05) is 38.3 Å². The maximum Gasteiger partial charge on any atom is 0.169 e. The molecule has 0 spiro atoms. The summed E-state index contributed by atoms with van der Waals surface area (Å²) in [5, 5.41) is 9.45. The van der Waals surface area contributed by atoms with Crippen LogP contribution in [0.2, 0.25) is 0 Å². The van der Waals surface area contributed by atoms with Crippen molar-refractivity contribution in [2.45, 2.75) is 6.54 Å². The Hall–Kier alpha value is -3.05. The summed E-state index contributed by atoms with van der Waals surface area (Å²) in [6.07, 6.45) is 1.86. The first kappa shape index (κ1) is 19.3. The largest absolute Gasteiger partial charge is 0.493 e. The van der Waals surface area contributed by atoms with Crippen LogP contribution in [0.15, 0.2) is 65.8 Å². The Morgan fingerprint density at radius 3 is 2.41 bits per heavy atom. The average molecular weight is 389 g/mol.